The molecule has 0 atom stereocenters. The Kier molecular flexibility index (Phi) is 4.21. The van der Waals surface area contributed by atoms with Crippen molar-refractivity contribution in [3.63, 3.8) is 0 Å². The summed E-state index contributed by atoms with van der Waals surface area (Å²) in [5.74, 6) is -0.00248. The van der Waals surface area contributed by atoms with E-state index in [2.05, 4.69) is 0 Å². The van der Waals surface area contributed by atoms with Crippen LogP contribution in [0.3, 0.4) is 0 Å². The summed E-state index contributed by atoms with van der Waals surface area (Å²) in [6.45, 7) is 2.41. The van der Waals surface area contributed by atoms with Crippen molar-refractivity contribution in [2.45, 2.75) is 13.5 Å². The summed E-state index contributed by atoms with van der Waals surface area (Å²) in [6, 6.07) is 12.4. The maximum absolute atomic E-state index is 12.0. The van der Waals surface area contributed by atoms with Gasteiger partial charge in [0.1, 0.15) is 12.4 Å². The molecule has 2 aromatic carbocycles. The zero-order valence-electron chi connectivity index (χ0n) is 12.4. The van der Waals surface area contributed by atoms with Gasteiger partial charge < -0.3 is 9.15 Å². The highest BCUT2D eigenvalue weighted by molar-refractivity contribution is 6.35. The van der Waals surface area contributed by atoms with Crippen LogP contribution < -0.4 is 16.1 Å². The summed E-state index contributed by atoms with van der Waals surface area (Å²) < 4.78 is 11.7. The molecule has 0 saturated heterocycles. The first-order valence-corrected chi connectivity index (χ1v) is 7.46. The van der Waals surface area contributed by atoms with E-state index in [1.807, 2.05) is 31.2 Å². The van der Waals surface area contributed by atoms with Crippen LogP contribution >= 0.6 is 11.6 Å². The van der Waals surface area contributed by atoms with Crippen molar-refractivity contribution in [2.24, 2.45) is 0 Å². The van der Waals surface area contributed by atoms with Crippen LogP contribution in [-0.2, 0) is 6.54 Å². The Balaban J connectivity index is 1.93. The molecule has 0 fully saturated rings. The van der Waals surface area contributed by atoms with Crippen molar-refractivity contribution < 1.29 is 9.15 Å². The van der Waals surface area contributed by atoms with Gasteiger partial charge in [0.25, 0.3) is 0 Å². The van der Waals surface area contributed by atoms with Gasteiger partial charge in [-0.05, 0) is 30.7 Å². The normalized spacial score (nSPS) is 10.9. The number of para-hydroxylation sites is 2. The number of fused-ring (bicyclic) bond motifs is 1. The van der Waals surface area contributed by atoms with E-state index in [1.165, 1.54) is 4.57 Å². The van der Waals surface area contributed by atoms with Gasteiger partial charge in [-0.1, -0.05) is 35.9 Å². The summed E-state index contributed by atoms with van der Waals surface area (Å²) in [7, 11) is 0. The fourth-order valence-electron chi connectivity index (χ4n) is 2.40. The maximum Gasteiger partial charge on any atom is 0.422 e. The summed E-state index contributed by atoms with van der Waals surface area (Å²) >= 11 is 6.15. The minimum atomic E-state index is -0.746. The van der Waals surface area contributed by atoms with Crippen molar-refractivity contribution in [2.75, 3.05) is 6.61 Å². The van der Waals surface area contributed by atoms with Crippen molar-refractivity contribution in [3.05, 3.63) is 74.0 Å². The lowest BCUT2D eigenvalue weighted by Gasteiger charge is -2.12. The Bertz CT molecular complexity index is 974. The summed E-state index contributed by atoms with van der Waals surface area (Å²) in [5, 5.41) is 0.594. The molecule has 0 bridgehead atoms. The standard InChI is InChI=1S/C17H14ClNO4/c1-11-5-2-3-8-14(11)22-10-9-19-15-12(6-4-7-13(15)18)16(20)23-17(19)21/h2-8H,9-10H2,1H3. The Morgan fingerprint density at radius 3 is 2.70 bits per heavy atom. The van der Waals surface area contributed by atoms with Crippen LogP contribution in [0.4, 0.5) is 0 Å². The molecule has 0 aliphatic rings. The van der Waals surface area contributed by atoms with Crippen molar-refractivity contribution >= 4 is 22.5 Å². The summed E-state index contributed by atoms with van der Waals surface area (Å²) in [4.78, 5) is 23.8. The third-order valence-corrected chi connectivity index (χ3v) is 3.85. The minimum absolute atomic E-state index is 0.219. The van der Waals surface area contributed by atoms with E-state index in [9.17, 15) is 9.59 Å². The zero-order chi connectivity index (χ0) is 16.4. The Morgan fingerprint density at radius 1 is 1.13 bits per heavy atom. The second kappa shape index (κ2) is 6.30. The highest BCUT2D eigenvalue weighted by atomic mass is 35.5. The monoisotopic (exact) mass is 331 g/mol. The van der Waals surface area contributed by atoms with E-state index in [1.54, 1.807) is 18.2 Å². The van der Waals surface area contributed by atoms with Crippen LogP contribution in [0, 0.1) is 6.92 Å². The first kappa shape index (κ1) is 15.4. The zero-order valence-corrected chi connectivity index (χ0v) is 13.2. The maximum atomic E-state index is 12.0. The number of rotatable bonds is 4. The average Bonchev–Trinajstić information content (AvgIpc) is 2.52. The average molecular weight is 332 g/mol. The van der Waals surface area contributed by atoms with Crippen molar-refractivity contribution in [3.8, 4) is 5.75 Å². The minimum Gasteiger partial charge on any atom is -0.491 e. The van der Waals surface area contributed by atoms with Gasteiger partial charge in [0.05, 0.1) is 22.5 Å². The second-order valence-corrected chi connectivity index (χ2v) is 5.46. The van der Waals surface area contributed by atoms with Crippen LogP contribution in [0.15, 0.2) is 56.5 Å². The van der Waals surface area contributed by atoms with E-state index in [0.29, 0.717) is 10.5 Å². The van der Waals surface area contributed by atoms with Crippen LogP contribution in [0.1, 0.15) is 5.56 Å². The van der Waals surface area contributed by atoms with Crippen LogP contribution in [-0.4, -0.2) is 11.2 Å². The third kappa shape index (κ3) is 3.00. The molecule has 3 aromatic rings. The third-order valence-electron chi connectivity index (χ3n) is 3.54. The van der Waals surface area contributed by atoms with Crippen LogP contribution in [0.2, 0.25) is 5.02 Å². The molecule has 0 spiro atoms. The first-order chi connectivity index (χ1) is 11.1. The molecule has 0 radical (unpaired) electrons. The highest BCUT2D eigenvalue weighted by Crippen LogP contribution is 2.20. The largest absolute Gasteiger partial charge is 0.491 e. The molecule has 0 aliphatic heterocycles. The van der Waals surface area contributed by atoms with E-state index in [0.717, 1.165) is 11.3 Å². The fourth-order valence-corrected chi connectivity index (χ4v) is 2.68. The van der Waals surface area contributed by atoms with Gasteiger partial charge in [0.2, 0.25) is 0 Å². The number of aromatic nitrogens is 1. The Morgan fingerprint density at radius 2 is 1.91 bits per heavy atom. The van der Waals surface area contributed by atoms with E-state index < -0.39 is 11.4 Å². The molecule has 0 saturated carbocycles. The molecule has 1 aromatic heterocycles. The van der Waals surface area contributed by atoms with Gasteiger partial charge in [-0.15, -0.1) is 0 Å². The number of nitrogens with zero attached hydrogens (tertiary/aromatic N) is 1. The van der Waals surface area contributed by atoms with Gasteiger partial charge in [0.15, 0.2) is 0 Å². The Hall–Kier alpha value is -2.53. The van der Waals surface area contributed by atoms with Gasteiger partial charge >= 0.3 is 11.4 Å². The Labute approximate surface area is 136 Å². The van der Waals surface area contributed by atoms with Crippen LogP contribution in [0.25, 0.3) is 10.9 Å². The van der Waals surface area contributed by atoms with Gasteiger partial charge in [-0.25, -0.2) is 9.59 Å². The molecule has 118 valence electrons. The SMILES string of the molecule is Cc1ccccc1OCCn1c(=O)oc(=O)c2cccc(Cl)c21. The highest BCUT2D eigenvalue weighted by Gasteiger charge is 2.12. The van der Waals surface area contributed by atoms with Crippen LogP contribution in [0.5, 0.6) is 5.75 Å². The van der Waals surface area contributed by atoms with Crippen molar-refractivity contribution in [1.82, 2.24) is 4.57 Å². The topological polar surface area (TPSA) is 61.4 Å². The number of benzene rings is 2. The molecule has 0 aliphatic carbocycles. The smallest absolute Gasteiger partial charge is 0.422 e. The van der Waals surface area contributed by atoms with Gasteiger partial charge in [0, 0.05) is 0 Å². The van der Waals surface area contributed by atoms with Gasteiger partial charge in [-0.3, -0.25) is 4.57 Å². The predicted molar refractivity (Wildman–Crippen MR) is 88.4 cm³/mol. The van der Waals surface area contributed by atoms with Crippen molar-refractivity contribution in [1.29, 1.82) is 0 Å². The number of hydrogen-bond acceptors (Lipinski definition) is 4. The number of halogens is 1. The molecule has 1 heterocycles. The fraction of sp³-hybridized carbons (Fsp3) is 0.176. The molecule has 0 N–H and O–H groups in total. The lowest BCUT2D eigenvalue weighted by atomic mass is 10.2. The quantitative estimate of drug-likeness (QED) is 0.737. The lowest BCUT2D eigenvalue weighted by molar-refractivity contribution is 0.286. The molecule has 0 unspecified atom stereocenters. The molecule has 23 heavy (non-hydrogen) atoms. The van der Waals surface area contributed by atoms with E-state index >= 15 is 0 Å². The predicted octanol–water partition coefficient (Wildman–Crippen LogP) is 3.00. The summed E-state index contributed by atoms with van der Waals surface area (Å²) in [5.41, 5.74) is 0.676. The molecular formula is C17H14ClNO4. The van der Waals surface area contributed by atoms with E-state index in [4.69, 9.17) is 20.8 Å². The molecule has 6 heteroatoms. The number of aryl methyl sites for hydroxylation is 1. The molecule has 5 nitrogen and oxygen atoms in total. The van der Waals surface area contributed by atoms with E-state index in [-0.39, 0.29) is 18.5 Å². The molecule has 3 rings (SSSR count). The first-order valence-electron chi connectivity index (χ1n) is 7.08. The number of hydrogen-bond donors (Lipinski definition) is 0. The second-order valence-electron chi connectivity index (χ2n) is 5.06. The lowest BCUT2D eigenvalue weighted by Crippen LogP contribution is -2.27. The summed E-state index contributed by atoms with van der Waals surface area (Å²) in [6.07, 6.45) is 0. The molecular weight excluding hydrogens is 318 g/mol. The van der Waals surface area contributed by atoms with Gasteiger partial charge in [-0.2, -0.15) is 0 Å². The number of ether oxygens (including phenoxy) is 1. The molecule has 0 amide bonds.